The van der Waals surface area contributed by atoms with Gasteiger partial charge in [-0.05, 0) is 24.5 Å². The zero-order valence-electron chi connectivity index (χ0n) is 10.0. The molecule has 1 aromatic carbocycles. The monoisotopic (exact) mass is 241 g/mol. The van der Waals surface area contributed by atoms with Crippen molar-refractivity contribution in [3.05, 3.63) is 35.4 Å². The second-order valence-electron chi connectivity index (χ2n) is 4.02. The zero-order chi connectivity index (χ0) is 11.8. The Morgan fingerprint density at radius 1 is 1.38 bits per heavy atom. The number of benzene rings is 1. The molecule has 0 heterocycles. The first-order valence-electron chi connectivity index (χ1n) is 5.62. The summed E-state index contributed by atoms with van der Waals surface area (Å²) in [5, 5.41) is 3.46. The van der Waals surface area contributed by atoms with Gasteiger partial charge in [0.1, 0.15) is 0 Å². The number of ether oxygens (including phenoxy) is 1. The molecule has 0 saturated carbocycles. The van der Waals surface area contributed by atoms with Crippen molar-refractivity contribution in [2.75, 3.05) is 13.7 Å². The number of hydrogen-bond acceptors (Lipinski definition) is 2. The standard InChI is InChI=1S/C13H20ClNO/c1-11(6-7-16-2)15-10-13-5-3-4-12(8-13)9-14/h3-5,8,11,15H,6-7,9-10H2,1-2H3. The van der Waals surface area contributed by atoms with E-state index in [2.05, 4.69) is 30.4 Å². The summed E-state index contributed by atoms with van der Waals surface area (Å²) in [6.07, 6.45) is 1.03. The third-order valence-electron chi connectivity index (χ3n) is 2.56. The highest BCUT2D eigenvalue weighted by Crippen LogP contribution is 2.08. The first-order chi connectivity index (χ1) is 7.76. The van der Waals surface area contributed by atoms with Gasteiger partial charge in [-0.2, -0.15) is 0 Å². The molecule has 16 heavy (non-hydrogen) atoms. The Kier molecular flexibility index (Phi) is 6.46. The lowest BCUT2D eigenvalue weighted by Gasteiger charge is -2.13. The normalized spacial score (nSPS) is 12.7. The Balaban J connectivity index is 2.35. The lowest BCUT2D eigenvalue weighted by Crippen LogP contribution is -2.26. The van der Waals surface area contributed by atoms with Gasteiger partial charge in [-0.25, -0.2) is 0 Å². The van der Waals surface area contributed by atoms with Gasteiger partial charge in [0.2, 0.25) is 0 Å². The van der Waals surface area contributed by atoms with Crippen molar-refractivity contribution < 1.29 is 4.74 Å². The molecule has 0 saturated heterocycles. The summed E-state index contributed by atoms with van der Waals surface area (Å²) in [7, 11) is 1.73. The number of rotatable bonds is 7. The van der Waals surface area contributed by atoms with Gasteiger partial charge in [0, 0.05) is 32.2 Å². The van der Waals surface area contributed by atoms with Gasteiger partial charge in [0.15, 0.2) is 0 Å². The van der Waals surface area contributed by atoms with Gasteiger partial charge in [-0.15, -0.1) is 11.6 Å². The van der Waals surface area contributed by atoms with Gasteiger partial charge < -0.3 is 10.1 Å². The van der Waals surface area contributed by atoms with Crippen LogP contribution < -0.4 is 5.32 Å². The maximum Gasteiger partial charge on any atom is 0.0476 e. The van der Waals surface area contributed by atoms with Crippen LogP contribution in [0, 0.1) is 0 Å². The van der Waals surface area contributed by atoms with E-state index in [1.165, 1.54) is 11.1 Å². The average Bonchev–Trinajstić information content (AvgIpc) is 2.34. The Morgan fingerprint density at radius 2 is 2.12 bits per heavy atom. The number of methoxy groups -OCH3 is 1. The predicted molar refractivity (Wildman–Crippen MR) is 68.8 cm³/mol. The summed E-state index contributed by atoms with van der Waals surface area (Å²) >= 11 is 5.79. The van der Waals surface area contributed by atoms with Crippen LogP contribution in [0.25, 0.3) is 0 Å². The van der Waals surface area contributed by atoms with Crippen LogP contribution in [0.3, 0.4) is 0 Å². The lowest BCUT2D eigenvalue weighted by molar-refractivity contribution is 0.184. The zero-order valence-corrected chi connectivity index (χ0v) is 10.8. The molecule has 2 nitrogen and oxygen atoms in total. The van der Waals surface area contributed by atoms with Crippen LogP contribution >= 0.6 is 11.6 Å². The summed E-state index contributed by atoms with van der Waals surface area (Å²) in [5.41, 5.74) is 2.45. The van der Waals surface area contributed by atoms with E-state index in [9.17, 15) is 0 Å². The smallest absolute Gasteiger partial charge is 0.0476 e. The van der Waals surface area contributed by atoms with Crippen LogP contribution in [0.4, 0.5) is 0 Å². The molecule has 0 aliphatic carbocycles. The molecule has 0 fully saturated rings. The second-order valence-corrected chi connectivity index (χ2v) is 4.28. The third kappa shape index (κ3) is 4.97. The minimum atomic E-state index is 0.472. The quantitative estimate of drug-likeness (QED) is 0.742. The number of alkyl halides is 1. The van der Waals surface area contributed by atoms with E-state index in [1.807, 2.05) is 6.07 Å². The maximum atomic E-state index is 5.79. The van der Waals surface area contributed by atoms with Crippen LogP contribution in [0.2, 0.25) is 0 Å². The van der Waals surface area contributed by atoms with Gasteiger partial charge in [-0.1, -0.05) is 24.3 Å². The van der Waals surface area contributed by atoms with Crippen molar-refractivity contribution in [1.29, 1.82) is 0 Å². The van der Waals surface area contributed by atoms with Crippen molar-refractivity contribution in [3.63, 3.8) is 0 Å². The van der Waals surface area contributed by atoms with E-state index >= 15 is 0 Å². The number of hydrogen-bond donors (Lipinski definition) is 1. The molecule has 90 valence electrons. The minimum Gasteiger partial charge on any atom is -0.385 e. The van der Waals surface area contributed by atoms with Crippen LogP contribution in [-0.2, 0) is 17.2 Å². The molecule has 0 bridgehead atoms. The summed E-state index contributed by atoms with van der Waals surface area (Å²) in [6, 6.07) is 8.83. The van der Waals surface area contributed by atoms with Crippen LogP contribution in [-0.4, -0.2) is 19.8 Å². The van der Waals surface area contributed by atoms with Gasteiger partial charge >= 0.3 is 0 Å². The summed E-state index contributed by atoms with van der Waals surface area (Å²) in [6.45, 7) is 3.86. The number of nitrogens with one attached hydrogen (secondary N) is 1. The van der Waals surface area contributed by atoms with Crippen molar-refractivity contribution in [2.24, 2.45) is 0 Å². The molecule has 1 N–H and O–H groups in total. The first kappa shape index (κ1) is 13.5. The SMILES string of the molecule is COCCC(C)NCc1cccc(CCl)c1. The van der Waals surface area contributed by atoms with Crippen molar-refractivity contribution in [1.82, 2.24) is 5.32 Å². The molecule has 1 atom stereocenters. The molecule has 1 unspecified atom stereocenters. The van der Waals surface area contributed by atoms with E-state index < -0.39 is 0 Å². The molecular weight excluding hydrogens is 222 g/mol. The first-order valence-corrected chi connectivity index (χ1v) is 6.16. The Morgan fingerprint density at radius 3 is 2.81 bits per heavy atom. The molecular formula is C13H20ClNO. The second kappa shape index (κ2) is 7.66. The molecule has 0 aliphatic rings. The van der Waals surface area contributed by atoms with Gasteiger partial charge in [0.25, 0.3) is 0 Å². The Hall–Kier alpha value is -0.570. The Labute approximate surface area is 103 Å². The molecule has 3 heteroatoms. The van der Waals surface area contributed by atoms with Crippen molar-refractivity contribution in [3.8, 4) is 0 Å². The highest BCUT2D eigenvalue weighted by molar-refractivity contribution is 6.17. The summed E-state index contributed by atoms with van der Waals surface area (Å²) in [4.78, 5) is 0. The lowest BCUT2D eigenvalue weighted by atomic mass is 10.1. The number of halogens is 1. The molecule has 0 aromatic heterocycles. The van der Waals surface area contributed by atoms with Crippen molar-refractivity contribution >= 4 is 11.6 Å². The molecule has 0 amide bonds. The van der Waals surface area contributed by atoms with Gasteiger partial charge in [-0.3, -0.25) is 0 Å². The Bertz CT molecular complexity index is 304. The topological polar surface area (TPSA) is 21.3 Å². The van der Waals surface area contributed by atoms with E-state index in [4.69, 9.17) is 16.3 Å². The van der Waals surface area contributed by atoms with E-state index in [0.717, 1.165) is 19.6 Å². The molecule has 1 aromatic rings. The van der Waals surface area contributed by atoms with E-state index in [1.54, 1.807) is 7.11 Å². The van der Waals surface area contributed by atoms with Gasteiger partial charge in [0.05, 0.1) is 0 Å². The molecule has 1 rings (SSSR count). The summed E-state index contributed by atoms with van der Waals surface area (Å²) < 4.78 is 5.04. The summed E-state index contributed by atoms with van der Waals surface area (Å²) in [5.74, 6) is 0.576. The minimum absolute atomic E-state index is 0.472. The average molecular weight is 242 g/mol. The van der Waals surface area contributed by atoms with Crippen LogP contribution in [0.5, 0.6) is 0 Å². The van der Waals surface area contributed by atoms with E-state index in [0.29, 0.717) is 11.9 Å². The van der Waals surface area contributed by atoms with E-state index in [-0.39, 0.29) is 0 Å². The highest BCUT2D eigenvalue weighted by Gasteiger charge is 2.01. The largest absolute Gasteiger partial charge is 0.385 e. The fraction of sp³-hybridized carbons (Fsp3) is 0.538. The van der Waals surface area contributed by atoms with Crippen molar-refractivity contribution in [2.45, 2.75) is 31.8 Å². The molecule has 0 aliphatic heterocycles. The van der Waals surface area contributed by atoms with Crippen LogP contribution in [0.1, 0.15) is 24.5 Å². The third-order valence-corrected chi connectivity index (χ3v) is 2.86. The highest BCUT2D eigenvalue weighted by atomic mass is 35.5. The van der Waals surface area contributed by atoms with Crippen LogP contribution in [0.15, 0.2) is 24.3 Å². The predicted octanol–water partition coefficient (Wildman–Crippen LogP) is 2.94. The fourth-order valence-corrected chi connectivity index (χ4v) is 1.68. The molecule has 0 radical (unpaired) electrons. The molecule has 0 spiro atoms. The fourth-order valence-electron chi connectivity index (χ4n) is 1.51. The maximum absolute atomic E-state index is 5.79.